The number of hydrogen-bond donors (Lipinski definition) is 2. The van der Waals surface area contributed by atoms with Crippen LogP contribution in [0.1, 0.15) is 29.8 Å². The zero-order valence-electron chi connectivity index (χ0n) is 9.80. The fourth-order valence-electron chi connectivity index (χ4n) is 1.23. The summed E-state index contributed by atoms with van der Waals surface area (Å²) in [5.74, 6) is -0.0633. The van der Waals surface area contributed by atoms with E-state index in [2.05, 4.69) is 27.9 Å². The van der Waals surface area contributed by atoms with Crippen LogP contribution in [0, 0.1) is 10.5 Å². The van der Waals surface area contributed by atoms with Crippen molar-refractivity contribution < 1.29 is 4.79 Å². The van der Waals surface area contributed by atoms with E-state index in [1.807, 2.05) is 39.0 Å². The summed E-state index contributed by atoms with van der Waals surface area (Å²) in [4.78, 5) is 11.9. The Morgan fingerprint density at radius 1 is 1.50 bits per heavy atom. The summed E-state index contributed by atoms with van der Waals surface area (Å²) in [7, 11) is 0. The van der Waals surface area contributed by atoms with Crippen molar-refractivity contribution in [3.05, 3.63) is 32.9 Å². The number of hydrogen-bond acceptors (Lipinski definition) is 2. The first kappa shape index (κ1) is 13.4. The summed E-state index contributed by atoms with van der Waals surface area (Å²) in [6.07, 6.45) is 0. The Hall–Kier alpha value is -0.620. The Labute approximate surface area is 110 Å². The molecule has 0 aliphatic heterocycles. The summed E-state index contributed by atoms with van der Waals surface area (Å²) in [5.41, 5.74) is 7.25. The minimum absolute atomic E-state index is 0.0633. The number of halogens is 1. The number of carbonyl (C=O) groups excluding carboxylic acids is 1. The molecule has 0 fully saturated rings. The lowest BCUT2D eigenvalue weighted by Gasteiger charge is -2.19. The summed E-state index contributed by atoms with van der Waals surface area (Å²) < 4.78 is 0.993. The van der Waals surface area contributed by atoms with Crippen molar-refractivity contribution in [1.82, 2.24) is 5.32 Å². The Balaban J connectivity index is 2.78. The van der Waals surface area contributed by atoms with Crippen molar-refractivity contribution in [3.63, 3.8) is 0 Å². The van der Waals surface area contributed by atoms with Gasteiger partial charge >= 0.3 is 0 Å². The molecule has 1 rings (SSSR count). The summed E-state index contributed by atoms with van der Waals surface area (Å²) in [6.45, 7) is 6.23. The molecule has 0 heterocycles. The van der Waals surface area contributed by atoms with Crippen LogP contribution in [-0.2, 0) is 0 Å². The predicted octanol–water partition coefficient (Wildman–Crippen LogP) is 2.07. The number of rotatable bonds is 3. The highest BCUT2D eigenvalue weighted by Gasteiger charge is 2.15. The highest BCUT2D eigenvalue weighted by Crippen LogP contribution is 2.16. The molecular weight excluding hydrogens is 315 g/mol. The van der Waals surface area contributed by atoms with E-state index in [-0.39, 0.29) is 11.4 Å². The maximum absolute atomic E-state index is 11.9. The van der Waals surface area contributed by atoms with Crippen LogP contribution in [0.4, 0.5) is 0 Å². The maximum atomic E-state index is 11.9. The minimum Gasteiger partial charge on any atom is -0.350 e. The van der Waals surface area contributed by atoms with Crippen LogP contribution in [-0.4, -0.2) is 18.0 Å². The maximum Gasteiger partial charge on any atom is 0.252 e. The first-order valence-corrected chi connectivity index (χ1v) is 6.21. The third-order valence-corrected chi connectivity index (χ3v) is 3.57. The van der Waals surface area contributed by atoms with Gasteiger partial charge < -0.3 is 11.1 Å². The van der Waals surface area contributed by atoms with Gasteiger partial charge in [0.2, 0.25) is 0 Å². The average Bonchev–Trinajstić information content (AvgIpc) is 2.17. The zero-order valence-corrected chi connectivity index (χ0v) is 12.0. The number of benzene rings is 1. The van der Waals surface area contributed by atoms with E-state index in [9.17, 15) is 4.79 Å². The lowest BCUT2D eigenvalue weighted by atomic mass is 10.1. The second kappa shape index (κ2) is 5.14. The van der Waals surface area contributed by atoms with Gasteiger partial charge in [-0.2, -0.15) is 0 Å². The normalized spacial score (nSPS) is 11.3. The standard InChI is InChI=1S/C12H17IN2O/c1-8-5-4-6-9(10(8)13)11(16)15-7-12(2,3)14/h4-6H,7,14H2,1-3H3,(H,15,16). The molecule has 1 aromatic carbocycles. The Morgan fingerprint density at radius 2 is 2.12 bits per heavy atom. The van der Waals surface area contributed by atoms with E-state index in [1.165, 1.54) is 0 Å². The number of aryl methyl sites for hydroxylation is 1. The molecule has 0 bridgehead atoms. The van der Waals surface area contributed by atoms with E-state index in [0.717, 1.165) is 9.13 Å². The Bertz CT molecular complexity index is 396. The second-order valence-corrected chi connectivity index (χ2v) is 5.69. The minimum atomic E-state index is -0.384. The quantitative estimate of drug-likeness (QED) is 0.833. The van der Waals surface area contributed by atoms with Crippen molar-refractivity contribution in [2.24, 2.45) is 5.73 Å². The van der Waals surface area contributed by atoms with E-state index >= 15 is 0 Å². The van der Waals surface area contributed by atoms with Gasteiger partial charge in [-0.25, -0.2) is 0 Å². The van der Waals surface area contributed by atoms with Gasteiger partial charge in [-0.3, -0.25) is 4.79 Å². The van der Waals surface area contributed by atoms with Crippen LogP contribution in [0.25, 0.3) is 0 Å². The molecule has 0 unspecified atom stereocenters. The van der Waals surface area contributed by atoms with Gasteiger partial charge in [0.1, 0.15) is 0 Å². The molecule has 0 aromatic heterocycles. The van der Waals surface area contributed by atoms with Crippen LogP contribution >= 0.6 is 22.6 Å². The number of nitrogens with one attached hydrogen (secondary N) is 1. The zero-order chi connectivity index (χ0) is 12.3. The monoisotopic (exact) mass is 332 g/mol. The van der Waals surface area contributed by atoms with Crippen molar-refractivity contribution in [2.45, 2.75) is 26.3 Å². The van der Waals surface area contributed by atoms with Crippen molar-refractivity contribution in [1.29, 1.82) is 0 Å². The molecule has 0 atom stereocenters. The highest BCUT2D eigenvalue weighted by molar-refractivity contribution is 14.1. The second-order valence-electron chi connectivity index (χ2n) is 4.61. The Kier molecular flexibility index (Phi) is 4.32. The molecule has 4 heteroatoms. The van der Waals surface area contributed by atoms with Crippen LogP contribution in [0.3, 0.4) is 0 Å². The summed E-state index contributed by atoms with van der Waals surface area (Å²) in [5, 5.41) is 2.84. The lowest BCUT2D eigenvalue weighted by Crippen LogP contribution is -2.45. The molecule has 1 aromatic rings. The third kappa shape index (κ3) is 3.75. The highest BCUT2D eigenvalue weighted by atomic mass is 127. The SMILES string of the molecule is Cc1cccc(C(=O)NCC(C)(C)N)c1I. The summed E-state index contributed by atoms with van der Waals surface area (Å²) >= 11 is 2.19. The first-order chi connectivity index (χ1) is 7.31. The molecule has 0 spiro atoms. The number of amides is 1. The molecule has 0 saturated heterocycles. The molecule has 1 amide bonds. The molecule has 0 aliphatic carbocycles. The van der Waals surface area contributed by atoms with Crippen molar-refractivity contribution in [2.75, 3.05) is 6.54 Å². The predicted molar refractivity (Wildman–Crippen MR) is 74.5 cm³/mol. The fourth-order valence-corrected chi connectivity index (χ4v) is 1.83. The van der Waals surface area contributed by atoms with Crippen LogP contribution in [0.5, 0.6) is 0 Å². The van der Waals surface area contributed by atoms with Gasteiger partial charge in [0, 0.05) is 15.7 Å². The number of carbonyl (C=O) groups is 1. The molecular formula is C12H17IN2O. The topological polar surface area (TPSA) is 55.1 Å². The lowest BCUT2D eigenvalue weighted by molar-refractivity contribution is 0.0945. The van der Waals surface area contributed by atoms with Crippen molar-refractivity contribution >= 4 is 28.5 Å². The van der Waals surface area contributed by atoms with E-state index in [4.69, 9.17) is 5.73 Å². The molecule has 3 N–H and O–H groups in total. The fraction of sp³-hybridized carbons (Fsp3) is 0.417. The van der Waals surface area contributed by atoms with E-state index in [1.54, 1.807) is 0 Å². The largest absolute Gasteiger partial charge is 0.350 e. The molecule has 88 valence electrons. The number of nitrogens with two attached hydrogens (primary N) is 1. The van der Waals surface area contributed by atoms with Gasteiger partial charge in [0.15, 0.2) is 0 Å². The molecule has 16 heavy (non-hydrogen) atoms. The molecule has 3 nitrogen and oxygen atoms in total. The van der Waals surface area contributed by atoms with E-state index < -0.39 is 0 Å². The smallest absolute Gasteiger partial charge is 0.252 e. The van der Waals surface area contributed by atoms with Crippen molar-refractivity contribution in [3.8, 4) is 0 Å². The average molecular weight is 332 g/mol. The third-order valence-electron chi connectivity index (χ3n) is 2.14. The van der Waals surface area contributed by atoms with Gasteiger partial charge in [0.25, 0.3) is 5.91 Å². The Morgan fingerprint density at radius 3 is 2.69 bits per heavy atom. The van der Waals surface area contributed by atoms with Crippen LogP contribution < -0.4 is 11.1 Å². The molecule has 0 aliphatic rings. The first-order valence-electron chi connectivity index (χ1n) is 5.13. The van der Waals surface area contributed by atoms with Gasteiger partial charge in [0.05, 0.1) is 5.56 Å². The van der Waals surface area contributed by atoms with E-state index in [0.29, 0.717) is 12.1 Å². The van der Waals surface area contributed by atoms with Crippen LogP contribution in [0.2, 0.25) is 0 Å². The van der Waals surface area contributed by atoms with Gasteiger partial charge in [-0.1, -0.05) is 12.1 Å². The molecule has 0 saturated carbocycles. The van der Waals surface area contributed by atoms with Crippen LogP contribution in [0.15, 0.2) is 18.2 Å². The molecule has 0 radical (unpaired) electrons. The summed E-state index contributed by atoms with van der Waals surface area (Å²) in [6, 6.07) is 5.71. The van der Waals surface area contributed by atoms with Gasteiger partial charge in [-0.05, 0) is 55.0 Å². The van der Waals surface area contributed by atoms with Gasteiger partial charge in [-0.15, -0.1) is 0 Å².